The van der Waals surface area contributed by atoms with Crippen molar-refractivity contribution in [3.63, 3.8) is 0 Å². The highest BCUT2D eigenvalue weighted by molar-refractivity contribution is 7.89. The van der Waals surface area contributed by atoms with Crippen molar-refractivity contribution in [1.82, 2.24) is 4.31 Å². The summed E-state index contributed by atoms with van der Waals surface area (Å²) >= 11 is 6.05. The van der Waals surface area contributed by atoms with Crippen LogP contribution in [0.2, 0.25) is 5.02 Å². The van der Waals surface area contributed by atoms with Crippen molar-refractivity contribution in [2.75, 3.05) is 18.4 Å². The average Bonchev–Trinajstić information content (AvgIpc) is 2.65. The molecule has 0 bridgehead atoms. The van der Waals surface area contributed by atoms with Gasteiger partial charge in [-0.1, -0.05) is 18.0 Å². The zero-order chi connectivity index (χ0) is 19.6. The molecule has 9 heteroatoms. The van der Waals surface area contributed by atoms with E-state index in [-0.39, 0.29) is 21.2 Å². The van der Waals surface area contributed by atoms with Gasteiger partial charge in [0.2, 0.25) is 10.0 Å². The first-order valence-electron chi connectivity index (χ1n) is 8.35. The van der Waals surface area contributed by atoms with Crippen LogP contribution in [0, 0.1) is 11.6 Å². The summed E-state index contributed by atoms with van der Waals surface area (Å²) in [7, 11) is -3.73. The molecule has 3 rings (SSSR count). The summed E-state index contributed by atoms with van der Waals surface area (Å²) < 4.78 is 53.2. The number of hydrogen-bond donors (Lipinski definition) is 1. The van der Waals surface area contributed by atoms with Gasteiger partial charge in [-0.3, -0.25) is 4.79 Å². The lowest BCUT2D eigenvalue weighted by Gasteiger charge is -2.26. The molecule has 2 aromatic carbocycles. The largest absolute Gasteiger partial charge is 0.322 e. The molecule has 1 saturated heterocycles. The van der Waals surface area contributed by atoms with Crippen molar-refractivity contribution in [2.24, 2.45) is 0 Å². The summed E-state index contributed by atoms with van der Waals surface area (Å²) in [4.78, 5) is 12.4. The molecule has 0 radical (unpaired) electrons. The monoisotopic (exact) mass is 414 g/mol. The number of rotatable bonds is 4. The van der Waals surface area contributed by atoms with Crippen LogP contribution in [0.25, 0.3) is 0 Å². The Morgan fingerprint density at radius 2 is 1.70 bits per heavy atom. The molecule has 144 valence electrons. The van der Waals surface area contributed by atoms with E-state index in [0.29, 0.717) is 13.1 Å². The number of carbonyl (C=O) groups is 1. The molecule has 1 N–H and O–H groups in total. The van der Waals surface area contributed by atoms with E-state index in [9.17, 15) is 22.0 Å². The van der Waals surface area contributed by atoms with Crippen LogP contribution in [0.1, 0.15) is 29.6 Å². The minimum atomic E-state index is -3.73. The molecule has 1 amide bonds. The third-order valence-corrected chi connectivity index (χ3v) is 6.54. The second-order valence-electron chi connectivity index (χ2n) is 6.19. The quantitative estimate of drug-likeness (QED) is 0.820. The lowest BCUT2D eigenvalue weighted by Crippen LogP contribution is -2.35. The van der Waals surface area contributed by atoms with Crippen molar-refractivity contribution >= 4 is 33.2 Å². The van der Waals surface area contributed by atoms with Crippen molar-refractivity contribution < 1.29 is 22.0 Å². The van der Waals surface area contributed by atoms with Gasteiger partial charge in [-0.05, 0) is 43.2 Å². The lowest BCUT2D eigenvalue weighted by atomic mass is 10.2. The van der Waals surface area contributed by atoms with Gasteiger partial charge in [-0.2, -0.15) is 4.31 Å². The smallest absolute Gasteiger partial charge is 0.257 e. The second kappa shape index (κ2) is 7.92. The maximum atomic E-state index is 13.3. The molecule has 0 saturated carbocycles. The van der Waals surface area contributed by atoms with Crippen LogP contribution in [0.15, 0.2) is 41.3 Å². The van der Waals surface area contributed by atoms with E-state index in [1.807, 2.05) is 0 Å². The third kappa shape index (κ3) is 4.28. The van der Waals surface area contributed by atoms with Crippen LogP contribution < -0.4 is 5.32 Å². The number of benzene rings is 2. The van der Waals surface area contributed by atoms with Gasteiger partial charge in [0.05, 0.1) is 15.5 Å². The molecule has 1 fully saturated rings. The fraction of sp³-hybridized carbons (Fsp3) is 0.278. The summed E-state index contributed by atoms with van der Waals surface area (Å²) in [6, 6.07) is 6.78. The number of halogens is 3. The first kappa shape index (κ1) is 19.7. The Morgan fingerprint density at radius 3 is 2.37 bits per heavy atom. The lowest BCUT2D eigenvalue weighted by molar-refractivity contribution is 0.102. The number of amides is 1. The van der Waals surface area contributed by atoms with Gasteiger partial charge in [0, 0.05) is 24.8 Å². The highest BCUT2D eigenvalue weighted by Crippen LogP contribution is 2.26. The summed E-state index contributed by atoms with van der Waals surface area (Å²) in [5.74, 6) is -2.87. The van der Waals surface area contributed by atoms with Crippen molar-refractivity contribution in [1.29, 1.82) is 0 Å². The predicted octanol–water partition coefficient (Wildman–Crippen LogP) is 4.05. The zero-order valence-corrected chi connectivity index (χ0v) is 15.8. The van der Waals surface area contributed by atoms with Gasteiger partial charge in [0.1, 0.15) is 0 Å². The SMILES string of the molecule is O=C(Nc1ccc(F)c(F)c1)c1cc(S(=O)(=O)N2CCCCC2)ccc1Cl. The van der Waals surface area contributed by atoms with Crippen molar-refractivity contribution in [2.45, 2.75) is 24.2 Å². The van der Waals surface area contributed by atoms with Crippen LogP contribution in [0.5, 0.6) is 0 Å². The summed E-state index contributed by atoms with van der Waals surface area (Å²) in [5, 5.41) is 2.44. The van der Waals surface area contributed by atoms with Crippen LogP contribution >= 0.6 is 11.6 Å². The number of nitrogens with zero attached hydrogens (tertiary/aromatic N) is 1. The van der Waals surface area contributed by atoms with Crippen LogP contribution in [-0.2, 0) is 10.0 Å². The Morgan fingerprint density at radius 1 is 1.00 bits per heavy atom. The van der Waals surface area contributed by atoms with Gasteiger partial charge in [-0.15, -0.1) is 0 Å². The number of carbonyl (C=O) groups excluding carboxylic acids is 1. The fourth-order valence-electron chi connectivity index (χ4n) is 2.87. The standard InChI is InChI=1S/C18H17ClF2N2O3S/c19-15-6-5-13(27(25,26)23-8-2-1-3-9-23)11-14(15)18(24)22-12-4-7-16(20)17(21)10-12/h4-7,10-11H,1-3,8-9H2,(H,22,24). The number of anilines is 1. The number of nitrogens with one attached hydrogen (secondary N) is 1. The molecule has 1 aliphatic rings. The van der Waals surface area contributed by atoms with Gasteiger partial charge in [-0.25, -0.2) is 17.2 Å². The summed E-state index contributed by atoms with van der Waals surface area (Å²) in [5.41, 5.74) is -0.0428. The maximum absolute atomic E-state index is 13.3. The second-order valence-corrected chi connectivity index (χ2v) is 8.53. The molecule has 0 aromatic heterocycles. The summed E-state index contributed by atoms with van der Waals surface area (Å²) in [6.07, 6.45) is 2.56. The minimum Gasteiger partial charge on any atom is -0.322 e. The van der Waals surface area contributed by atoms with E-state index in [1.54, 1.807) is 0 Å². The number of sulfonamides is 1. The van der Waals surface area contributed by atoms with Crippen LogP contribution in [-0.4, -0.2) is 31.7 Å². The Bertz CT molecular complexity index is 977. The fourth-order valence-corrected chi connectivity index (χ4v) is 4.61. The van der Waals surface area contributed by atoms with Gasteiger partial charge < -0.3 is 5.32 Å². The Kier molecular flexibility index (Phi) is 5.78. The molecule has 0 aliphatic carbocycles. The van der Waals surface area contributed by atoms with Crippen molar-refractivity contribution in [3.05, 3.63) is 58.6 Å². The molecule has 27 heavy (non-hydrogen) atoms. The van der Waals surface area contributed by atoms with E-state index < -0.39 is 27.6 Å². The molecule has 1 heterocycles. The zero-order valence-electron chi connectivity index (χ0n) is 14.2. The molecule has 1 aliphatic heterocycles. The van der Waals surface area contributed by atoms with E-state index in [1.165, 1.54) is 28.6 Å². The predicted molar refractivity (Wildman–Crippen MR) is 98.4 cm³/mol. The average molecular weight is 415 g/mol. The summed E-state index contributed by atoms with van der Waals surface area (Å²) in [6.45, 7) is 0.864. The maximum Gasteiger partial charge on any atom is 0.257 e. The van der Waals surface area contributed by atoms with E-state index in [2.05, 4.69) is 5.32 Å². The van der Waals surface area contributed by atoms with E-state index in [0.717, 1.165) is 31.4 Å². The van der Waals surface area contributed by atoms with Crippen LogP contribution in [0.3, 0.4) is 0 Å². The molecule has 0 unspecified atom stereocenters. The van der Waals surface area contributed by atoms with Crippen molar-refractivity contribution in [3.8, 4) is 0 Å². The van der Waals surface area contributed by atoms with E-state index >= 15 is 0 Å². The highest BCUT2D eigenvalue weighted by atomic mass is 35.5. The Labute approximate surface area is 161 Å². The molecule has 0 spiro atoms. The van der Waals surface area contributed by atoms with Crippen LogP contribution in [0.4, 0.5) is 14.5 Å². The first-order chi connectivity index (χ1) is 12.8. The minimum absolute atomic E-state index is 0.0271. The topological polar surface area (TPSA) is 66.5 Å². The third-order valence-electron chi connectivity index (χ3n) is 4.31. The van der Waals surface area contributed by atoms with Gasteiger partial charge >= 0.3 is 0 Å². The van der Waals surface area contributed by atoms with Gasteiger partial charge in [0.15, 0.2) is 11.6 Å². The first-order valence-corrected chi connectivity index (χ1v) is 10.2. The molecular weight excluding hydrogens is 398 g/mol. The Balaban J connectivity index is 1.88. The normalized spacial score (nSPS) is 15.5. The molecule has 0 atom stereocenters. The number of piperidine rings is 1. The highest BCUT2D eigenvalue weighted by Gasteiger charge is 2.27. The van der Waals surface area contributed by atoms with Gasteiger partial charge in [0.25, 0.3) is 5.91 Å². The number of hydrogen-bond acceptors (Lipinski definition) is 3. The molecule has 5 nitrogen and oxygen atoms in total. The Hall–Kier alpha value is -2.03. The molecule has 2 aromatic rings. The van der Waals surface area contributed by atoms with E-state index in [4.69, 9.17) is 11.6 Å². The molecular formula is C18H17ClF2N2O3S.